The van der Waals surface area contributed by atoms with E-state index >= 15 is 0 Å². The van der Waals surface area contributed by atoms with Gasteiger partial charge in [0.25, 0.3) is 5.91 Å². The van der Waals surface area contributed by atoms with E-state index in [4.69, 9.17) is 0 Å². The van der Waals surface area contributed by atoms with E-state index < -0.39 is 0 Å². The summed E-state index contributed by atoms with van der Waals surface area (Å²) in [7, 11) is 0. The highest BCUT2D eigenvalue weighted by Gasteiger charge is 2.25. The van der Waals surface area contributed by atoms with Crippen molar-refractivity contribution < 1.29 is 4.79 Å². The van der Waals surface area contributed by atoms with Gasteiger partial charge in [-0.1, -0.05) is 32.9 Å². The van der Waals surface area contributed by atoms with Crippen LogP contribution >= 0.6 is 0 Å². The fourth-order valence-electron chi connectivity index (χ4n) is 3.20. The molecule has 0 spiro atoms. The number of hydrogen-bond acceptors (Lipinski definition) is 5. The van der Waals surface area contributed by atoms with Gasteiger partial charge in [-0.15, -0.1) is 0 Å². The molecule has 3 aromatic rings. The Hall–Kier alpha value is -3.22. The lowest BCUT2D eigenvalue weighted by Gasteiger charge is -2.23. The van der Waals surface area contributed by atoms with Gasteiger partial charge in [0.2, 0.25) is 0 Å². The summed E-state index contributed by atoms with van der Waals surface area (Å²) in [6.45, 7) is 8.08. The molecule has 1 amide bonds. The van der Waals surface area contributed by atoms with E-state index in [9.17, 15) is 4.79 Å². The van der Waals surface area contributed by atoms with Crippen LogP contribution in [-0.2, 0) is 0 Å². The van der Waals surface area contributed by atoms with Gasteiger partial charge >= 0.3 is 0 Å². The highest BCUT2D eigenvalue weighted by Crippen LogP contribution is 2.31. The van der Waals surface area contributed by atoms with E-state index in [-0.39, 0.29) is 5.91 Å². The lowest BCUT2D eigenvalue weighted by atomic mass is 10.1. The Morgan fingerprint density at radius 1 is 1.20 bits per heavy atom. The predicted molar refractivity (Wildman–Crippen MR) is 121 cm³/mol. The minimum absolute atomic E-state index is 0.242. The first kappa shape index (κ1) is 21.5. The van der Waals surface area contributed by atoms with Crippen LogP contribution < -0.4 is 10.2 Å². The molecule has 2 heterocycles. The predicted octanol–water partition coefficient (Wildman–Crippen LogP) is 4.77. The molecule has 0 aliphatic heterocycles. The summed E-state index contributed by atoms with van der Waals surface area (Å²) in [6.07, 6.45) is 6.78. The van der Waals surface area contributed by atoms with Gasteiger partial charge in [0.05, 0.1) is 5.69 Å². The number of aromatic amines is 1. The Bertz CT molecular complexity index is 936. The average molecular weight is 407 g/mol. The first-order chi connectivity index (χ1) is 14.7. The molecular weight excluding hydrogens is 376 g/mol. The molecule has 0 unspecified atom stereocenters. The molecule has 0 bridgehead atoms. The minimum Gasteiger partial charge on any atom is -0.356 e. The molecule has 0 radical (unpaired) electrons. The molecule has 158 valence electrons. The van der Waals surface area contributed by atoms with Gasteiger partial charge < -0.3 is 10.2 Å². The smallest absolute Gasteiger partial charge is 0.274 e. The molecule has 30 heavy (non-hydrogen) atoms. The topological polar surface area (TPSA) is 86.8 Å². The number of rotatable bonds is 8. The fourth-order valence-corrected chi connectivity index (χ4v) is 3.20. The zero-order valence-electron chi connectivity index (χ0n) is 17.9. The monoisotopic (exact) mass is 406 g/mol. The number of nitrogens with one attached hydrogen (secondary N) is 2. The Kier molecular flexibility index (Phi) is 7.54. The lowest BCUT2D eigenvalue weighted by molar-refractivity contribution is 0.102. The normalized spacial score (nSPS) is 12.6. The molecule has 1 aromatic carbocycles. The summed E-state index contributed by atoms with van der Waals surface area (Å²) in [6, 6.07) is 11.3. The van der Waals surface area contributed by atoms with Crippen molar-refractivity contribution in [3.8, 4) is 11.3 Å². The van der Waals surface area contributed by atoms with Crippen molar-refractivity contribution in [3.63, 3.8) is 0 Å². The van der Waals surface area contributed by atoms with E-state index in [1.807, 2.05) is 44.2 Å². The first-order valence-corrected chi connectivity index (χ1v) is 10.7. The van der Waals surface area contributed by atoms with Crippen LogP contribution in [0.15, 0.2) is 48.9 Å². The highest BCUT2D eigenvalue weighted by molar-refractivity contribution is 6.03. The van der Waals surface area contributed by atoms with Crippen LogP contribution in [0.5, 0.6) is 0 Å². The number of nitrogens with zero attached hydrogens (tertiary/aromatic N) is 4. The van der Waals surface area contributed by atoms with Crippen molar-refractivity contribution in [1.82, 2.24) is 20.2 Å². The van der Waals surface area contributed by atoms with Gasteiger partial charge in [-0.3, -0.25) is 9.89 Å². The van der Waals surface area contributed by atoms with Crippen LogP contribution in [-0.4, -0.2) is 39.2 Å². The highest BCUT2D eigenvalue weighted by atomic mass is 16.1. The zero-order valence-corrected chi connectivity index (χ0v) is 17.9. The third kappa shape index (κ3) is 5.65. The number of H-pyrrole nitrogens is 1. The van der Waals surface area contributed by atoms with Crippen molar-refractivity contribution in [1.29, 1.82) is 0 Å². The maximum Gasteiger partial charge on any atom is 0.274 e. The van der Waals surface area contributed by atoms with E-state index in [0.717, 1.165) is 42.5 Å². The van der Waals surface area contributed by atoms with Gasteiger partial charge in [0.1, 0.15) is 17.8 Å². The van der Waals surface area contributed by atoms with Gasteiger partial charge in [-0.2, -0.15) is 5.10 Å². The zero-order chi connectivity index (χ0) is 21.3. The van der Waals surface area contributed by atoms with Gasteiger partial charge in [-0.25, -0.2) is 9.97 Å². The second kappa shape index (κ2) is 10.5. The summed E-state index contributed by atoms with van der Waals surface area (Å²) < 4.78 is 0. The summed E-state index contributed by atoms with van der Waals surface area (Å²) >= 11 is 0. The maximum atomic E-state index is 12.7. The van der Waals surface area contributed by atoms with Crippen LogP contribution in [0, 0.1) is 5.92 Å². The van der Waals surface area contributed by atoms with Gasteiger partial charge in [0.15, 0.2) is 0 Å². The van der Waals surface area contributed by atoms with Crippen molar-refractivity contribution in [2.45, 2.75) is 40.0 Å². The van der Waals surface area contributed by atoms with Crippen LogP contribution in [0.4, 0.5) is 11.5 Å². The van der Waals surface area contributed by atoms with Crippen molar-refractivity contribution >= 4 is 17.4 Å². The largest absolute Gasteiger partial charge is 0.356 e. The number of hydrogen-bond donors (Lipinski definition) is 2. The van der Waals surface area contributed by atoms with E-state index in [0.29, 0.717) is 11.4 Å². The number of benzene rings is 1. The summed E-state index contributed by atoms with van der Waals surface area (Å²) in [5.41, 5.74) is 2.93. The van der Waals surface area contributed by atoms with Crippen molar-refractivity contribution in [2.75, 3.05) is 23.3 Å². The van der Waals surface area contributed by atoms with E-state index in [1.54, 1.807) is 12.3 Å². The molecule has 2 aromatic heterocycles. The van der Waals surface area contributed by atoms with Gasteiger partial charge in [0, 0.05) is 36.6 Å². The molecule has 2 N–H and O–H groups in total. The molecule has 0 saturated heterocycles. The quantitative estimate of drug-likeness (QED) is 0.563. The average Bonchev–Trinajstić information content (AvgIpc) is 3.43. The summed E-state index contributed by atoms with van der Waals surface area (Å²) in [4.78, 5) is 23.6. The Morgan fingerprint density at radius 2 is 2.03 bits per heavy atom. The Morgan fingerprint density at radius 3 is 2.73 bits per heavy atom. The number of carbonyl (C=O) groups is 1. The van der Waals surface area contributed by atoms with Crippen LogP contribution in [0.2, 0.25) is 0 Å². The number of carbonyl (C=O) groups excluding carboxylic acids is 1. The second-order valence-electron chi connectivity index (χ2n) is 7.16. The van der Waals surface area contributed by atoms with E-state index in [1.165, 1.54) is 19.2 Å². The fraction of sp³-hybridized carbons (Fsp3) is 0.391. The second-order valence-corrected chi connectivity index (χ2v) is 7.16. The Labute approximate surface area is 178 Å². The maximum absolute atomic E-state index is 12.7. The molecule has 1 aliphatic carbocycles. The molecule has 0 atom stereocenters. The van der Waals surface area contributed by atoms with Crippen molar-refractivity contribution in [2.24, 2.45) is 5.92 Å². The molecule has 1 aliphatic rings. The molecule has 7 heteroatoms. The first-order valence-electron chi connectivity index (χ1n) is 10.7. The Balaban J connectivity index is 0.00000124. The molecular formula is C23H30N6O. The standard InChI is InChI=1S/C21H24N6O.C2H6/c1-2-10-27(13-15-6-7-15)20-12-19(22-14-23-20)21(28)25-17-5-3-4-16(11-17)18-8-9-24-26-18;1-2/h3-5,8-9,11-12,14-15H,2,6-7,10,13H2,1H3,(H,24,26)(H,25,28);1-2H3. The number of anilines is 2. The van der Waals surface area contributed by atoms with Crippen LogP contribution in [0.1, 0.15) is 50.5 Å². The van der Waals surface area contributed by atoms with Crippen LogP contribution in [0.3, 0.4) is 0 Å². The third-order valence-electron chi connectivity index (χ3n) is 4.81. The molecule has 1 fully saturated rings. The lowest BCUT2D eigenvalue weighted by Crippen LogP contribution is -2.28. The van der Waals surface area contributed by atoms with Crippen LogP contribution in [0.25, 0.3) is 11.3 Å². The minimum atomic E-state index is -0.242. The van der Waals surface area contributed by atoms with Crippen molar-refractivity contribution in [3.05, 3.63) is 54.6 Å². The number of amides is 1. The molecule has 4 rings (SSSR count). The van der Waals surface area contributed by atoms with Gasteiger partial charge in [-0.05, 0) is 43.4 Å². The molecule has 7 nitrogen and oxygen atoms in total. The summed E-state index contributed by atoms with van der Waals surface area (Å²) in [5.74, 6) is 1.33. The number of aromatic nitrogens is 4. The summed E-state index contributed by atoms with van der Waals surface area (Å²) in [5, 5.41) is 9.83. The van der Waals surface area contributed by atoms with E-state index in [2.05, 4.69) is 37.3 Å². The third-order valence-corrected chi connectivity index (χ3v) is 4.81. The SMILES string of the molecule is CC.CCCN(CC1CC1)c1cc(C(=O)Nc2cccc(-c3ccn[nH]3)c2)ncn1. The molecule has 1 saturated carbocycles.